The largest absolute Gasteiger partial charge is 2.00 e. The Kier molecular flexibility index (Phi) is 14.3. The van der Waals surface area contributed by atoms with Gasteiger partial charge in [-0.05, 0) is 0 Å². The van der Waals surface area contributed by atoms with Gasteiger partial charge in [0.15, 0.2) is 0 Å². The van der Waals surface area contributed by atoms with E-state index in [0.29, 0.717) is 0 Å². The molecule has 0 unspecified atom stereocenters. The summed E-state index contributed by atoms with van der Waals surface area (Å²) in [6.45, 7) is 0. The Balaban J connectivity index is -0.0000000800. The minimum atomic E-state index is -5.62. The van der Waals surface area contributed by atoms with Crippen molar-refractivity contribution in [2.75, 3.05) is 0 Å². The Morgan fingerprint density at radius 2 is 1.14 bits per heavy atom. The van der Waals surface area contributed by atoms with Crippen LogP contribution in [0.1, 0.15) is 0 Å². The molecule has 0 aliphatic carbocycles. The maximum Gasteiger partial charge on any atom is 2.00 e. The van der Waals surface area contributed by atoms with Crippen LogP contribution in [0.4, 0.5) is 0 Å². The summed E-state index contributed by atoms with van der Waals surface area (Å²) in [5, 5.41) is 0. The molecular weight excluding hydrogens is 213 g/mol. The number of hydrogen-bond acceptors (Lipinski definition) is 4. The third-order valence-electron chi connectivity index (χ3n) is 0. The van der Waals surface area contributed by atoms with Gasteiger partial charge in [0.1, 0.15) is 0 Å². The Bertz CT molecular complexity index is 94.9. The van der Waals surface area contributed by atoms with Gasteiger partial charge in [0.05, 0.1) is 0 Å². The van der Waals surface area contributed by atoms with Crippen molar-refractivity contribution in [2.24, 2.45) is 0 Å². The molecule has 0 atom stereocenters. The van der Waals surface area contributed by atoms with Crippen molar-refractivity contribution in [3.8, 4) is 0 Å². The second-order valence-electron chi connectivity index (χ2n) is 0.378. The maximum atomic E-state index is 8.58. The molecule has 0 amide bonds. The monoisotopic (exact) mass is 214 g/mol. The zero-order valence-electron chi connectivity index (χ0n) is 3.72. The molecule has 0 N–H and O–H groups in total. The summed E-state index contributed by atoms with van der Waals surface area (Å²) < 4.78 is 34.3. The SMILES string of the molecule is [Li+].[O]=[Mn](=[O])([O-])[O-].[Sr+2]. The van der Waals surface area contributed by atoms with Crippen LogP contribution in [-0.4, -0.2) is 45.5 Å². The van der Waals surface area contributed by atoms with Crippen LogP contribution in [0.15, 0.2) is 0 Å². The second kappa shape index (κ2) is 6.24. The molecule has 0 saturated heterocycles. The molecule has 33 valence electrons. The minimum absolute atomic E-state index is 0. The molecule has 0 fully saturated rings. The van der Waals surface area contributed by atoms with Crippen LogP contribution in [0.5, 0.6) is 0 Å². The molecule has 0 aliphatic heterocycles. The Labute approximate surface area is 92.0 Å². The summed E-state index contributed by atoms with van der Waals surface area (Å²) >= 11 is -5.62. The first kappa shape index (κ1) is 16.1. The van der Waals surface area contributed by atoms with E-state index in [4.69, 9.17) is 16.0 Å². The maximum absolute atomic E-state index is 8.58. The first-order valence-electron chi connectivity index (χ1n) is 0.617. The van der Waals surface area contributed by atoms with Gasteiger partial charge >= 0.3 is 93.8 Å². The van der Waals surface area contributed by atoms with Gasteiger partial charge in [-0.3, -0.25) is 0 Å². The first-order valence-corrected chi connectivity index (χ1v) is 2.54. The van der Waals surface area contributed by atoms with E-state index >= 15 is 0 Å². The molecular formula is LiMnO4Sr+. The second-order valence-corrected chi connectivity index (χ2v) is 1.56. The van der Waals surface area contributed by atoms with Gasteiger partial charge in [-0.2, -0.15) is 0 Å². The minimum Gasteiger partial charge on any atom is 2.00 e. The molecule has 0 radical (unpaired) electrons. The summed E-state index contributed by atoms with van der Waals surface area (Å²) in [6, 6.07) is 0. The van der Waals surface area contributed by atoms with Gasteiger partial charge < -0.3 is 0 Å². The zero-order valence-corrected chi connectivity index (χ0v) is 8.37. The average molecular weight is 213 g/mol. The smallest absolute Gasteiger partial charge is 2.00 e. The van der Waals surface area contributed by atoms with E-state index in [9.17, 15) is 0 Å². The van der Waals surface area contributed by atoms with Gasteiger partial charge in [-0.25, -0.2) is 0 Å². The summed E-state index contributed by atoms with van der Waals surface area (Å²) in [4.78, 5) is 0. The Morgan fingerprint density at radius 3 is 1.14 bits per heavy atom. The van der Waals surface area contributed by atoms with E-state index in [1.807, 2.05) is 0 Å². The molecule has 4 nitrogen and oxygen atoms in total. The Morgan fingerprint density at radius 1 is 1.14 bits per heavy atom. The van der Waals surface area contributed by atoms with Gasteiger partial charge in [-0.1, -0.05) is 0 Å². The third-order valence-corrected chi connectivity index (χ3v) is 0. The molecule has 0 rings (SSSR count). The van der Waals surface area contributed by atoms with Crippen molar-refractivity contribution in [3.05, 3.63) is 0 Å². The molecule has 0 bridgehead atoms. The van der Waals surface area contributed by atoms with E-state index in [1.54, 1.807) is 0 Å². The first-order chi connectivity index (χ1) is 2.00. The van der Waals surface area contributed by atoms with Crippen LogP contribution in [0.25, 0.3) is 0 Å². The molecule has 0 aromatic heterocycles. The molecule has 0 saturated carbocycles. The number of hydrogen-bond donors (Lipinski definition) is 0. The van der Waals surface area contributed by atoms with Crippen LogP contribution in [0.2, 0.25) is 0 Å². The molecule has 0 aromatic carbocycles. The van der Waals surface area contributed by atoms with Gasteiger partial charge in [0, 0.05) is 0 Å². The van der Waals surface area contributed by atoms with Crippen molar-refractivity contribution in [3.63, 3.8) is 0 Å². The summed E-state index contributed by atoms with van der Waals surface area (Å²) in [5.74, 6) is 0. The van der Waals surface area contributed by atoms with E-state index < -0.39 is 13.4 Å². The predicted molar refractivity (Wildman–Crippen MR) is 7.13 cm³/mol. The topological polar surface area (TPSA) is 80.3 Å². The zero-order chi connectivity index (χ0) is 4.50. The normalized spacial score (nSPS) is 8.29. The van der Waals surface area contributed by atoms with Crippen LogP contribution < -0.4 is 27.2 Å². The van der Waals surface area contributed by atoms with Crippen LogP contribution >= 0.6 is 0 Å². The summed E-state index contributed by atoms with van der Waals surface area (Å²) in [5.41, 5.74) is 0. The van der Waals surface area contributed by atoms with Crippen LogP contribution in [0.3, 0.4) is 0 Å². The molecule has 0 spiro atoms. The van der Waals surface area contributed by atoms with Crippen LogP contribution in [-0.2, 0) is 21.0 Å². The Hall–Kier alpha value is 2.12. The van der Waals surface area contributed by atoms with Crippen molar-refractivity contribution in [1.29, 1.82) is 0 Å². The summed E-state index contributed by atoms with van der Waals surface area (Å²) in [7, 11) is 0. The molecule has 0 aliphatic rings. The quantitative estimate of drug-likeness (QED) is 0.375. The summed E-state index contributed by atoms with van der Waals surface area (Å²) in [6.07, 6.45) is 0. The van der Waals surface area contributed by atoms with Gasteiger partial charge in [0.2, 0.25) is 0 Å². The fourth-order valence-electron chi connectivity index (χ4n) is 0. The van der Waals surface area contributed by atoms with E-state index in [0.717, 1.165) is 0 Å². The predicted octanol–water partition coefficient (Wildman–Crippen LogP) is -5.99. The molecule has 0 heterocycles. The molecule has 0 aromatic rings. The van der Waals surface area contributed by atoms with Gasteiger partial charge in [0.25, 0.3) is 0 Å². The van der Waals surface area contributed by atoms with Crippen LogP contribution in [0, 0.1) is 0 Å². The van der Waals surface area contributed by atoms with Gasteiger partial charge in [-0.15, -0.1) is 0 Å². The third kappa shape index (κ3) is 67.8. The van der Waals surface area contributed by atoms with E-state index in [-0.39, 0.29) is 64.3 Å². The number of rotatable bonds is 0. The fraction of sp³-hybridized carbons (Fsp3) is 0. The molecule has 7 heavy (non-hydrogen) atoms. The van der Waals surface area contributed by atoms with Crippen molar-refractivity contribution >= 4 is 45.5 Å². The van der Waals surface area contributed by atoms with Crippen molar-refractivity contribution in [2.45, 2.75) is 0 Å². The van der Waals surface area contributed by atoms with E-state index in [2.05, 4.69) is 0 Å². The standard InChI is InChI=1S/Li.Mn.4O.Sr/q+1;;;;2*-1;+2. The molecule has 7 heteroatoms. The average Bonchev–Trinajstić information content (AvgIpc) is 0.722. The fourth-order valence-corrected chi connectivity index (χ4v) is 0. The van der Waals surface area contributed by atoms with Crippen molar-refractivity contribution in [1.82, 2.24) is 0 Å². The van der Waals surface area contributed by atoms with Crippen molar-refractivity contribution < 1.29 is 48.3 Å². The van der Waals surface area contributed by atoms with E-state index in [1.165, 1.54) is 0 Å².